The van der Waals surface area contributed by atoms with Gasteiger partial charge in [0.05, 0.1) is 5.60 Å². The lowest BCUT2D eigenvalue weighted by Crippen LogP contribution is -2.50. The number of hydrogen-bond acceptors (Lipinski definition) is 3. The third-order valence-electron chi connectivity index (χ3n) is 3.87. The van der Waals surface area contributed by atoms with E-state index in [1.165, 1.54) is 45.3 Å². The Morgan fingerprint density at radius 3 is 3.00 bits per heavy atom. The molecule has 0 amide bonds. The zero-order chi connectivity index (χ0) is 10.7. The summed E-state index contributed by atoms with van der Waals surface area (Å²) in [5.74, 6) is 0. The van der Waals surface area contributed by atoms with Gasteiger partial charge in [0.2, 0.25) is 0 Å². The fourth-order valence-electron chi connectivity index (χ4n) is 2.85. The number of ether oxygens (including phenoxy) is 1. The molecule has 2 unspecified atom stereocenters. The fourth-order valence-corrected chi connectivity index (χ4v) is 2.85. The first-order chi connectivity index (χ1) is 7.22. The van der Waals surface area contributed by atoms with Gasteiger partial charge in [-0.05, 0) is 45.7 Å². The number of rotatable bonds is 3. The quantitative estimate of drug-likeness (QED) is 0.762. The Morgan fingerprint density at radius 1 is 1.47 bits per heavy atom. The van der Waals surface area contributed by atoms with E-state index in [1.54, 1.807) is 0 Å². The van der Waals surface area contributed by atoms with E-state index >= 15 is 0 Å². The van der Waals surface area contributed by atoms with Crippen LogP contribution in [0.4, 0.5) is 0 Å². The zero-order valence-electron chi connectivity index (χ0n) is 10.1. The van der Waals surface area contributed by atoms with Crippen LogP contribution in [-0.2, 0) is 4.74 Å². The molecule has 0 aromatic heterocycles. The minimum atomic E-state index is 0.0941. The van der Waals surface area contributed by atoms with Crippen LogP contribution < -0.4 is 5.32 Å². The first-order valence-electron chi connectivity index (χ1n) is 6.23. The summed E-state index contributed by atoms with van der Waals surface area (Å²) < 4.78 is 5.61. The molecule has 1 N–H and O–H groups in total. The van der Waals surface area contributed by atoms with Gasteiger partial charge in [-0.1, -0.05) is 0 Å². The highest BCUT2D eigenvalue weighted by atomic mass is 16.5. The minimum absolute atomic E-state index is 0.0941. The molecule has 2 saturated heterocycles. The van der Waals surface area contributed by atoms with Crippen LogP contribution in [0.5, 0.6) is 0 Å². The Morgan fingerprint density at radius 2 is 2.33 bits per heavy atom. The van der Waals surface area contributed by atoms with Crippen molar-refractivity contribution in [2.45, 2.75) is 44.2 Å². The zero-order valence-corrected chi connectivity index (χ0v) is 10.1. The van der Waals surface area contributed by atoms with Crippen LogP contribution in [0, 0.1) is 0 Å². The Bertz CT molecular complexity index is 204. The van der Waals surface area contributed by atoms with Gasteiger partial charge in [0.25, 0.3) is 0 Å². The average Bonchev–Trinajstić information content (AvgIpc) is 2.71. The van der Waals surface area contributed by atoms with E-state index in [0.717, 1.165) is 12.6 Å². The predicted molar refractivity (Wildman–Crippen MR) is 62.1 cm³/mol. The van der Waals surface area contributed by atoms with E-state index < -0.39 is 0 Å². The van der Waals surface area contributed by atoms with Crippen molar-refractivity contribution in [3.63, 3.8) is 0 Å². The number of likely N-dealkylation sites (tertiary alicyclic amines) is 1. The maximum absolute atomic E-state index is 5.61. The summed E-state index contributed by atoms with van der Waals surface area (Å²) in [5.41, 5.74) is 0.0941. The molecule has 0 radical (unpaired) electrons. The second-order valence-corrected chi connectivity index (χ2v) is 5.29. The van der Waals surface area contributed by atoms with Gasteiger partial charge < -0.3 is 10.1 Å². The predicted octanol–water partition coefficient (Wildman–Crippen LogP) is 1.24. The van der Waals surface area contributed by atoms with E-state index in [0.29, 0.717) is 0 Å². The molecule has 0 aromatic carbocycles. The lowest BCUT2D eigenvalue weighted by molar-refractivity contribution is -0.0519. The van der Waals surface area contributed by atoms with E-state index in [4.69, 9.17) is 4.74 Å². The molecule has 3 heteroatoms. The first kappa shape index (κ1) is 11.4. The molecule has 0 spiro atoms. The Kier molecular flexibility index (Phi) is 3.65. The average molecular weight is 212 g/mol. The number of piperidine rings is 1. The topological polar surface area (TPSA) is 24.5 Å². The summed E-state index contributed by atoms with van der Waals surface area (Å²) in [5, 5.41) is 3.57. The smallest absolute Gasteiger partial charge is 0.0777 e. The molecule has 2 aliphatic heterocycles. The highest BCUT2D eigenvalue weighted by Gasteiger charge is 2.31. The molecule has 3 nitrogen and oxygen atoms in total. The van der Waals surface area contributed by atoms with Crippen molar-refractivity contribution < 1.29 is 4.74 Å². The summed E-state index contributed by atoms with van der Waals surface area (Å²) in [7, 11) is 1.84. The van der Waals surface area contributed by atoms with Crippen LogP contribution in [0.25, 0.3) is 0 Å². The molecule has 2 rings (SSSR count). The summed E-state index contributed by atoms with van der Waals surface area (Å²) in [6, 6.07) is 0.726. The second-order valence-electron chi connectivity index (χ2n) is 5.29. The van der Waals surface area contributed by atoms with Crippen molar-refractivity contribution in [2.75, 3.05) is 33.3 Å². The van der Waals surface area contributed by atoms with Crippen molar-refractivity contribution in [3.8, 4) is 0 Å². The molecule has 0 saturated carbocycles. The van der Waals surface area contributed by atoms with Crippen LogP contribution in [0.3, 0.4) is 0 Å². The van der Waals surface area contributed by atoms with Crippen molar-refractivity contribution in [3.05, 3.63) is 0 Å². The van der Waals surface area contributed by atoms with Crippen molar-refractivity contribution in [1.29, 1.82) is 0 Å². The van der Waals surface area contributed by atoms with Gasteiger partial charge in [0.1, 0.15) is 0 Å². The van der Waals surface area contributed by atoms with E-state index in [-0.39, 0.29) is 5.60 Å². The van der Waals surface area contributed by atoms with Gasteiger partial charge >= 0.3 is 0 Å². The van der Waals surface area contributed by atoms with E-state index in [1.807, 2.05) is 7.11 Å². The van der Waals surface area contributed by atoms with Gasteiger partial charge in [-0.25, -0.2) is 0 Å². The fraction of sp³-hybridized carbons (Fsp3) is 1.00. The third kappa shape index (κ3) is 2.92. The van der Waals surface area contributed by atoms with Crippen LogP contribution in [0.2, 0.25) is 0 Å². The molecule has 2 fully saturated rings. The maximum atomic E-state index is 5.61. The summed E-state index contributed by atoms with van der Waals surface area (Å²) in [4.78, 5) is 2.57. The Balaban J connectivity index is 1.81. The standard InChI is InChI=1S/C12H24N2O/c1-12(15-2)6-4-8-14(10-12)9-11-5-3-7-13-11/h11,13H,3-10H2,1-2H3. The highest BCUT2D eigenvalue weighted by molar-refractivity contribution is 4.87. The van der Waals surface area contributed by atoms with Crippen LogP contribution in [0.1, 0.15) is 32.6 Å². The molecule has 15 heavy (non-hydrogen) atoms. The molecular weight excluding hydrogens is 188 g/mol. The molecule has 0 aromatic rings. The lowest BCUT2D eigenvalue weighted by Gasteiger charge is -2.40. The van der Waals surface area contributed by atoms with E-state index in [2.05, 4.69) is 17.1 Å². The molecule has 2 aliphatic rings. The van der Waals surface area contributed by atoms with Crippen LogP contribution in [-0.4, -0.2) is 49.8 Å². The third-order valence-corrected chi connectivity index (χ3v) is 3.87. The number of methoxy groups -OCH3 is 1. The Labute approximate surface area is 93.2 Å². The first-order valence-corrected chi connectivity index (χ1v) is 6.23. The number of nitrogens with zero attached hydrogens (tertiary/aromatic N) is 1. The summed E-state index contributed by atoms with van der Waals surface area (Å²) in [6.45, 7) is 7.00. The Hall–Kier alpha value is -0.120. The molecule has 0 aliphatic carbocycles. The number of nitrogens with one attached hydrogen (secondary N) is 1. The number of hydrogen-bond donors (Lipinski definition) is 1. The SMILES string of the molecule is COC1(C)CCCN(CC2CCCN2)C1. The second kappa shape index (κ2) is 4.81. The van der Waals surface area contributed by atoms with Gasteiger partial charge in [0, 0.05) is 26.2 Å². The molecule has 2 heterocycles. The molecule has 0 bridgehead atoms. The van der Waals surface area contributed by atoms with Crippen LogP contribution in [0.15, 0.2) is 0 Å². The monoisotopic (exact) mass is 212 g/mol. The largest absolute Gasteiger partial charge is 0.377 e. The normalized spacial score (nSPS) is 38.4. The van der Waals surface area contributed by atoms with Gasteiger partial charge in [-0.15, -0.1) is 0 Å². The minimum Gasteiger partial charge on any atom is -0.377 e. The maximum Gasteiger partial charge on any atom is 0.0777 e. The molecule has 2 atom stereocenters. The molecule has 88 valence electrons. The van der Waals surface area contributed by atoms with Crippen molar-refractivity contribution in [1.82, 2.24) is 10.2 Å². The van der Waals surface area contributed by atoms with Crippen LogP contribution >= 0.6 is 0 Å². The van der Waals surface area contributed by atoms with Crippen molar-refractivity contribution >= 4 is 0 Å². The lowest BCUT2D eigenvalue weighted by atomic mass is 9.94. The molecular formula is C12H24N2O. The summed E-state index contributed by atoms with van der Waals surface area (Å²) >= 11 is 0. The van der Waals surface area contributed by atoms with Crippen molar-refractivity contribution in [2.24, 2.45) is 0 Å². The van der Waals surface area contributed by atoms with E-state index in [9.17, 15) is 0 Å². The van der Waals surface area contributed by atoms with Gasteiger partial charge in [-0.3, -0.25) is 4.90 Å². The summed E-state index contributed by atoms with van der Waals surface area (Å²) in [6.07, 6.45) is 5.18. The highest BCUT2D eigenvalue weighted by Crippen LogP contribution is 2.24. The van der Waals surface area contributed by atoms with Gasteiger partial charge in [0.15, 0.2) is 0 Å². The van der Waals surface area contributed by atoms with Gasteiger partial charge in [-0.2, -0.15) is 0 Å².